The molecule has 0 saturated carbocycles. The fraction of sp³-hybridized carbons (Fsp3) is 0.211. The van der Waals surface area contributed by atoms with Gasteiger partial charge >= 0.3 is 0 Å². The Kier molecular flexibility index (Phi) is 4.37. The number of para-hydroxylation sites is 2. The molecule has 0 fully saturated rings. The Hall–Kier alpha value is -3.55. The molecule has 2 aromatic rings. The number of ether oxygens (including phenoxy) is 3. The van der Waals surface area contributed by atoms with Crippen LogP contribution in [0.15, 0.2) is 47.6 Å². The van der Waals surface area contributed by atoms with Crippen molar-refractivity contribution in [3.63, 3.8) is 0 Å². The van der Waals surface area contributed by atoms with E-state index in [0.717, 1.165) is 5.56 Å². The van der Waals surface area contributed by atoms with Crippen LogP contribution in [0, 0.1) is 0 Å². The van der Waals surface area contributed by atoms with Crippen LogP contribution in [-0.4, -0.2) is 36.8 Å². The number of hydrazone groups is 1. The number of nitrogens with zero attached hydrogens (tertiary/aromatic N) is 1. The molecule has 0 aromatic heterocycles. The van der Waals surface area contributed by atoms with Gasteiger partial charge in [-0.3, -0.25) is 9.59 Å². The van der Waals surface area contributed by atoms with Crippen LogP contribution in [0.1, 0.15) is 12.5 Å². The van der Waals surface area contributed by atoms with Crippen molar-refractivity contribution in [2.24, 2.45) is 5.10 Å². The maximum absolute atomic E-state index is 12.3. The van der Waals surface area contributed by atoms with Crippen molar-refractivity contribution >= 4 is 23.2 Å². The molecule has 27 heavy (non-hydrogen) atoms. The number of nitrogens with one attached hydrogen (secondary N) is 2. The minimum Gasteiger partial charge on any atom is -0.485 e. The van der Waals surface area contributed by atoms with Crippen molar-refractivity contribution in [2.45, 2.75) is 13.0 Å². The van der Waals surface area contributed by atoms with E-state index in [1.807, 2.05) is 12.1 Å². The van der Waals surface area contributed by atoms with E-state index in [4.69, 9.17) is 14.2 Å². The minimum atomic E-state index is -0.785. The number of anilines is 1. The third-order valence-electron chi connectivity index (χ3n) is 4.17. The Bertz CT molecular complexity index is 941. The largest absolute Gasteiger partial charge is 0.485 e. The Labute approximate surface area is 155 Å². The molecule has 8 heteroatoms. The van der Waals surface area contributed by atoms with E-state index < -0.39 is 12.0 Å². The zero-order valence-corrected chi connectivity index (χ0v) is 14.5. The lowest BCUT2D eigenvalue weighted by atomic mass is 10.1. The van der Waals surface area contributed by atoms with Crippen LogP contribution in [0.2, 0.25) is 0 Å². The van der Waals surface area contributed by atoms with Crippen LogP contribution in [0.25, 0.3) is 0 Å². The first-order valence-corrected chi connectivity index (χ1v) is 8.40. The van der Waals surface area contributed by atoms with Gasteiger partial charge in [-0.25, -0.2) is 5.43 Å². The van der Waals surface area contributed by atoms with Gasteiger partial charge in [-0.15, -0.1) is 0 Å². The number of benzene rings is 2. The van der Waals surface area contributed by atoms with E-state index in [1.54, 1.807) is 37.3 Å². The zero-order valence-electron chi connectivity index (χ0n) is 14.5. The van der Waals surface area contributed by atoms with Crippen molar-refractivity contribution in [1.82, 2.24) is 5.43 Å². The molecule has 1 atom stereocenters. The fourth-order valence-corrected chi connectivity index (χ4v) is 2.73. The van der Waals surface area contributed by atoms with Crippen LogP contribution in [0.4, 0.5) is 5.69 Å². The van der Waals surface area contributed by atoms with Gasteiger partial charge in [0.1, 0.15) is 12.4 Å². The molecule has 2 aliphatic heterocycles. The molecule has 2 N–H and O–H groups in total. The minimum absolute atomic E-state index is 0.00205. The molecule has 2 amide bonds. The van der Waals surface area contributed by atoms with Gasteiger partial charge in [-0.05, 0) is 42.8 Å². The SMILES string of the molecule is C/C(=N/NC(=O)[C@@H]1COc2ccccc2O1)c1ccc2c(c1)NC(=O)CO2. The lowest BCUT2D eigenvalue weighted by Crippen LogP contribution is -2.42. The first-order chi connectivity index (χ1) is 13.1. The summed E-state index contributed by atoms with van der Waals surface area (Å²) in [6.07, 6.45) is -0.785. The number of carbonyl (C=O) groups excluding carboxylic acids is 2. The van der Waals surface area contributed by atoms with E-state index in [0.29, 0.717) is 28.6 Å². The quantitative estimate of drug-likeness (QED) is 0.636. The molecule has 0 aliphatic carbocycles. The highest BCUT2D eigenvalue weighted by molar-refractivity contribution is 6.02. The molecular formula is C19H17N3O5. The first kappa shape index (κ1) is 16.9. The monoisotopic (exact) mass is 367 g/mol. The van der Waals surface area contributed by atoms with E-state index >= 15 is 0 Å². The molecule has 2 aliphatic rings. The molecule has 4 rings (SSSR count). The summed E-state index contributed by atoms with van der Waals surface area (Å²) in [5, 5.41) is 6.86. The summed E-state index contributed by atoms with van der Waals surface area (Å²) in [7, 11) is 0. The summed E-state index contributed by atoms with van der Waals surface area (Å²) < 4.78 is 16.5. The van der Waals surface area contributed by atoms with E-state index in [-0.39, 0.29) is 19.1 Å². The smallest absolute Gasteiger partial charge is 0.284 e. The molecular weight excluding hydrogens is 350 g/mol. The van der Waals surface area contributed by atoms with Crippen molar-refractivity contribution in [3.05, 3.63) is 48.0 Å². The predicted octanol–water partition coefficient (Wildman–Crippen LogP) is 1.70. The zero-order chi connectivity index (χ0) is 18.8. The number of amides is 2. The highest BCUT2D eigenvalue weighted by atomic mass is 16.6. The molecule has 8 nitrogen and oxygen atoms in total. The second-order valence-corrected chi connectivity index (χ2v) is 6.09. The highest BCUT2D eigenvalue weighted by Crippen LogP contribution is 2.31. The number of rotatable bonds is 3. The van der Waals surface area contributed by atoms with E-state index in [1.165, 1.54) is 0 Å². The number of carbonyl (C=O) groups is 2. The van der Waals surface area contributed by atoms with Crippen LogP contribution in [0.3, 0.4) is 0 Å². The average Bonchev–Trinajstić information content (AvgIpc) is 2.70. The van der Waals surface area contributed by atoms with Gasteiger partial charge in [0, 0.05) is 0 Å². The molecule has 0 bridgehead atoms. The molecule has 2 aromatic carbocycles. The lowest BCUT2D eigenvalue weighted by molar-refractivity contribution is -0.130. The van der Waals surface area contributed by atoms with E-state index in [9.17, 15) is 9.59 Å². The van der Waals surface area contributed by atoms with E-state index in [2.05, 4.69) is 15.8 Å². The maximum atomic E-state index is 12.3. The normalized spacial score (nSPS) is 18.0. The van der Waals surface area contributed by atoms with Crippen LogP contribution < -0.4 is 25.0 Å². The Morgan fingerprint density at radius 1 is 1.15 bits per heavy atom. The molecule has 0 unspecified atom stereocenters. The van der Waals surface area contributed by atoms with Crippen molar-refractivity contribution in [1.29, 1.82) is 0 Å². The average molecular weight is 367 g/mol. The summed E-state index contributed by atoms with van der Waals surface area (Å²) in [4.78, 5) is 23.8. The summed E-state index contributed by atoms with van der Waals surface area (Å²) >= 11 is 0. The standard InChI is InChI=1S/C19H17N3O5/c1-11(12-6-7-14-13(8-12)20-18(23)10-26-14)21-22-19(24)17-9-25-15-4-2-3-5-16(15)27-17/h2-8,17H,9-10H2,1H3,(H,20,23)(H,22,24)/b21-11-/t17-/m0/s1. The van der Waals surface area contributed by atoms with Crippen LogP contribution in [0.5, 0.6) is 17.2 Å². The molecule has 2 heterocycles. The Balaban J connectivity index is 1.43. The maximum Gasteiger partial charge on any atom is 0.284 e. The van der Waals surface area contributed by atoms with Gasteiger partial charge in [0.05, 0.1) is 11.4 Å². The molecule has 0 saturated heterocycles. The summed E-state index contributed by atoms with van der Waals surface area (Å²) in [5.74, 6) is 1.12. The van der Waals surface area contributed by atoms with Gasteiger partial charge in [0.2, 0.25) is 6.10 Å². The topological polar surface area (TPSA) is 98.3 Å². The van der Waals surface area contributed by atoms with Gasteiger partial charge in [0.15, 0.2) is 18.1 Å². The number of hydrogen-bond donors (Lipinski definition) is 2. The first-order valence-electron chi connectivity index (χ1n) is 8.40. The van der Waals surface area contributed by atoms with Crippen LogP contribution >= 0.6 is 0 Å². The fourth-order valence-electron chi connectivity index (χ4n) is 2.73. The van der Waals surface area contributed by atoms with Gasteiger partial charge < -0.3 is 19.5 Å². The van der Waals surface area contributed by atoms with Crippen molar-refractivity contribution in [3.8, 4) is 17.2 Å². The third kappa shape index (κ3) is 3.55. The number of hydrogen-bond acceptors (Lipinski definition) is 6. The van der Waals surface area contributed by atoms with Crippen molar-refractivity contribution in [2.75, 3.05) is 18.5 Å². The van der Waals surface area contributed by atoms with Gasteiger partial charge in [0.25, 0.3) is 11.8 Å². The summed E-state index contributed by atoms with van der Waals surface area (Å²) in [5.41, 5.74) is 4.38. The second kappa shape index (κ2) is 6.99. The Morgan fingerprint density at radius 2 is 1.96 bits per heavy atom. The molecule has 0 spiro atoms. The lowest BCUT2D eigenvalue weighted by Gasteiger charge is -2.24. The molecule has 138 valence electrons. The summed E-state index contributed by atoms with van der Waals surface area (Å²) in [6.45, 7) is 1.86. The van der Waals surface area contributed by atoms with Gasteiger partial charge in [-0.1, -0.05) is 12.1 Å². The molecule has 0 radical (unpaired) electrons. The van der Waals surface area contributed by atoms with Crippen molar-refractivity contribution < 1.29 is 23.8 Å². The summed E-state index contributed by atoms with van der Waals surface area (Å²) in [6, 6.07) is 12.5. The predicted molar refractivity (Wildman–Crippen MR) is 97.3 cm³/mol. The Morgan fingerprint density at radius 3 is 2.81 bits per heavy atom. The highest BCUT2D eigenvalue weighted by Gasteiger charge is 2.27. The third-order valence-corrected chi connectivity index (χ3v) is 4.17. The number of fused-ring (bicyclic) bond motifs is 2. The van der Waals surface area contributed by atoms with Crippen LogP contribution in [-0.2, 0) is 9.59 Å². The van der Waals surface area contributed by atoms with Gasteiger partial charge in [-0.2, -0.15) is 5.10 Å². The second-order valence-electron chi connectivity index (χ2n) is 6.09.